The maximum absolute atomic E-state index is 13.4. The lowest BCUT2D eigenvalue weighted by Crippen LogP contribution is -2.60. The van der Waals surface area contributed by atoms with Gasteiger partial charge in [0.05, 0.1) is 23.5 Å². The van der Waals surface area contributed by atoms with Crippen molar-refractivity contribution in [3.8, 4) is 22.8 Å². The Morgan fingerprint density at radius 1 is 1.08 bits per heavy atom. The van der Waals surface area contributed by atoms with E-state index in [4.69, 9.17) is 0 Å². The summed E-state index contributed by atoms with van der Waals surface area (Å²) in [5, 5.41) is 24.2. The standard InChI is InChI=1S/C29H30F4N12O3/c1-41(2)16-8-17(9-16)42-12-18(13-42)45-38-24(37-40-45)15-43-14-22(36-27(46)21-11-35-44-7-3-6-34-26(21)44)25(39-43)20-10-19(47-28(30)31)4-5-23(20)48-29(32)33/h3-7,10-11,14,16-18,28-29H,8-9,12-13,15H2,1-2H3,(H,36,46). The van der Waals surface area contributed by atoms with Crippen LogP contribution in [0.5, 0.6) is 11.5 Å². The second-order valence-corrected chi connectivity index (χ2v) is 11.8. The number of carbonyl (C=O) groups is 1. The summed E-state index contributed by atoms with van der Waals surface area (Å²) in [6.45, 7) is -4.81. The summed E-state index contributed by atoms with van der Waals surface area (Å²) >= 11 is 0. The second-order valence-electron chi connectivity index (χ2n) is 11.8. The Morgan fingerprint density at radius 2 is 1.88 bits per heavy atom. The minimum Gasteiger partial charge on any atom is -0.435 e. The number of alkyl halides is 4. The van der Waals surface area contributed by atoms with Gasteiger partial charge in [0.25, 0.3) is 5.91 Å². The highest BCUT2D eigenvalue weighted by Gasteiger charge is 2.41. The molecular formula is C29H30F4N12O3. The number of nitrogens with zero attached hydrogens (tertiary/aromatic N) is 11. The third-order valence-electron chi connectivity index (χ3n) is 8.51. The first-order valence-corrected chi connectivity index (χ1v) is 15.0. The fraction of sp³-hybridized carbons (Fsp3) is 0.414. The highest BCUT2D eigenvalue weighted by Crippen LogP contribution is 2.38. The Balaban J connectivity index is 1.15. The van der Waals surface area contributed by atoms with Crippen LogP contribution in [0.15, 0.2) is 49.1 Å². The van der Waals surface area contributed by atoms with Crippen LogP contribution in [0.1, 0.15) is 35.1 Å². The molecule has 1 amide bonds. The molecule has 2 fully saturated rings. The van der Waals surface area contributed by atoms with Crippen molar-refractivity contribution in [3.05, 3.63) is 60.4 Å². The first-order chi connectivity index (χ1) is 23.1. The molecule has 7 rings (SSSR count). The Hall–Kier alpha value is -5.17. The van der Waals surface area contributed by atoms with Gasteiger partial charge in [0.15, 0.2) is 11.5 Å². The molecule has 0 unspecified atom stereocenters. The van der Waals surface area contributed by atoms with Crippen molar-refractivity contribution in [1.82, 2.24) is 54.4 Å². The van der Waals surface area contributed by atoms with E-state index < -0.39 is 19.1 Å². The number of aromatic nitrogens is 9. The van der Waals surface area contributed by atoms with Crippen molar-refractivity contribution in [2.24, 2.45) is 0 Å². The van der Waals surface area contributed by atoms with Gasteiger partial charge in [0.2, 0.25) is 0 Å². The molecule has 4 aromatic heterocycles. The van der Waals surface area contributed by atoms with Crippen molar-refractivity contribution in [1.29, 1.82) is 0 Å². The maximum Gasteiger partial charge on any atom is 0.387 e. The number of benzene rings is 1. The number of rotatable bonds is 12. The lowest BCUT2D eigenvalue weighted by Gasteiger charge is -2.51. The van der Waals surface area contributed by atoms with E-state index in [1.165, 1.54) is 27.8 Å². The molecule has 0 atom stereocenters. The van der Waals surface area contributed by atoms with Gasteiger partial charge >= 0.3 is 13.2 Å². The van der Waals surface area contributed by atoms with Gasteiger partial charge in [-0.3, -0.25) is 14.4 Å². The third kappa shape index (κ3) is 6.37. The van der Waals surface area contributed by atoms with E-state index in [1.807, 2.05) is 0 Å². The minimum absolute atomic E-state index is 0.0109. The summed E-state index contributed by atoms with van der Waals surface area (Å²) in [5.74, 6) is -1.05. The molecule has 0 radical (unpaired) electrons. The lowest BCUT2D eigenvalue weighted by atomic mass is 9.82. The van der Waals surface area contributed by atoms with Crippen LogP contribution in [0.3, 0.4) is 0 Å². The van der Waals surface area contributed by atoms with Crippen molar-refractivity contribution in [2.45, 2.75) is 50.7 Å². The molecule has 48 heavy (non-hydrogen) atoms. The molecule has 1 saturated heterocycles. The number of halogens is 4. The van der Waals surface area contributed by atoms with Gasteiger partial charge in [-0.25, -0.2) is 9.50 Å². The van der Waals surface area contributed by atoms with Crippen LogP contribution in [0.25, 0.3) is 16.9 Å². The van der Waals surface area contributed by atoms with Gasteiger partial charge in [0, 0.05) is 43.8 Å². The highest BCUT2D eigenvalue weighted by atomic mass is 19.3. The van der Waals surface area contributed by atoms with Crippen molar-refractivity contribution >= 4 is 17.2 Å². The SMILES string of the molecule is CN(C)C1CC(N2CC(n3nnc(Cn4cc(NC(=O)c5cnn6cccnc56)c(-c5cc(OC(F)F)ccc5OC(F)F)n4)n3)C2)C1. The monoisotopic (exact) mass is 670 g/mol. The van der Waals surface area contributed by atoms with Gasteiger partial charge in [-0.1, -0.05) is 0 Å². The summed E-state index contributed by atoms with van der Waals surface area (Å²) in [5.41, 5.74) is 0.220. The number of carbonyl (C=O) groups excluding carboxylic acids is 1. The molecule has 2 aliphatic rings. The van der Waals surface area contributed by atoms with Gasteiger partial charge in [-0.05, 0) is 56.4 Å². The Bertz CT molecular complexity index is 1920. The second kappa shape index (κ2) is 12.8. The largest absolute Gasteiger partial charge is 0.435 e. The number of ether oxygens (including phenoxy) is 2. The molecule has 15 nitrogen and oxygen atoms in total. The molecule has 1 aromatic carbocycles. The molecule has 252 valence electrons. The van der Waals surface area contributed by atoms with Crippen molar-refractivity contribution in [3.63, 3.8) is 0 Å². The number of amides is 1. The molecule has 0 bridgehead atoms. The average Bonchev–Trinajstić information content (AvgIpc) is 3.72. The Labute approximate surface area is 270 Å². The van der Waals surface area contributed by atoms with Crippen LogP contribution in [-0.4, -0.2) is 113 Å². The summed E-state index contributed by atoms with van der Waals surface area (Å²) < 4.78 is 64.9. The van der Waals surface area contributed by atoms with E-state index in [2.05, 4.69) is 69.3 Å². The van der Waals surface area contributed by atoms with E-state index >= 15 is 0 Å². The normalized spacial score (nSPS) is 18.4. The number of hydrogen-bond donors (Lipinski definition) is 1. The summed E-state index contributed by atoms with van der Waals surface area (Å²) in [7, 11) is 4.18. The third-order valence-corrected chi connectivity index (χ3v) is 8.51. The quantitative estimate of drug-likeness (QED) is 0.196. The molecule has 1 saturated carbocycles. The number of likely N-dealkylation sites (tertiary alicyclic amines) is 1. The molecule has 19 heteroatoms. The van der Waals surface area contributed by atoms with E-state index in [9.17, 15) is 22.4 Å². The van der Waals surface area contributed by atoms with E-state index in [1.54, 1.807) is 17.1 Å². The fourth-order valence-electron chi connectivity index (χ4n) is 5.87. The fourth-order valence-corrected chi connectivity index (χ4v) is 5.87. The Morgan fingerprint density at radius 3 is 2.62 bits per heavy atom. The highest BCUT2D eigenvalue weighted by molar-refractivity contribution is 6.09. The van der Waals surface area contributed by atoms with Crippen molar-refractivity contribution < 1.29 is 31.8 Å². The molecule has 1 aliphatic carbocycles. The van der Waals surface area contributed by atoms with Gasteiger partial charge in [-0.2, -0.15) is 32.6 Å². The van der Waals surface area contributed by atoms with Crippen LogP contribution in [0.2, 0.25) is 0 Å². The lowest BCUT2D eigenvalue weighted by molar-refractivity contribution is -0.0526. The molecule has 1 N–H and O–H groups in total. The van der Waals surface area contributed by atoms with E-state index in [-0.39, 0.29) is 52.2 Å². The van der Waals surface area contributed by atoms with E-state index in [0.717, 1.165) is 44.1 Å². The first-order valence-electron chi connectivity index (χ1n) is 15.0. The number of nitrogens with one attached hydrogen (secondary N) is 1. The zero-order valence-electron chi connectivity index (χ0n) is 25.7. The Kier molecular flexibility index (Phi) is 8.38. The molecule has 5 heterocycles. The number of fused-ring (bicyclic) bond motifs is 1. The first kappa shape index (κ1) is 31.4. The van der Waals surface area contributed by atoms with Gasteiger partial charge in [0.1, 0.15) is 29.3 Å². The van der Waals surface area contributed by atoms with Crippen LogP contribution in [0.4, 0.5) is 23.2 Å². The van der Waals surface area contributed by atoms with Gasteiger partial charge < -0.3 is 19.7 Å². The summed E-state index contributed by atoms with van der Waals surface area (Å²) in [6, 6.07) is 6.05. The summed E-state index contributed by atoms with van der Waals surface area (Å²) in [4.78, 5) is 23.8. The summed E-state index contributed by atoms with van der Waals surface area (Å²) in [6.07, 6.45) is 8.12. The van der Waals surface area contributed by atoms with Crippen LogP contribution >= 0.6 is 0 Å². The number of hydrogen-bond acceptors (Lipinski definition) is 11. The predicted molar refractivity (Wildman–Crippen MR) is 160 cm³/mol. The van der Waals surface area contributed by atoms with Gasteiger partial charge in [-0.15, -0.1) is 10.2 Å². The zero-order valence-corrected chi connectivity index (χ0v) is 25.7. The molecule has 0 spiro atoms. The molecule has 5 aromatic rings. The zero-order chi connectivity index (χ0) is 33.5. The topological polar surface area (TPSA) is 146 Å². The number of anilines is 1. The van der Waals surface area contributed by atoms with Crippen molar-refractivity contribution in [2.75, 3.05) is 32.5 Å². The number of tetrazole rings is 1. The minimum atomic E-state index is -3.24. The van der Waals surface area contributed by atoms with Crippen LogP contribution < -0.4 is 14.8 Å². The van der Waals surface area contributed by atoms with Crippen LogP contribution in [0, 0.1) is 0 Å². The van der Waals surface area contributed by atoms with Crippen LogP contribution in [-0.2, 0) is 6.54 Å². The molecule has 1 aliphatic heterocycles. The predicted octanol–water partition coefficient (Wildman–Crippen LogP) is 3.03. The maximum atomic E-state index is 13.4. The smallest absolute Gasteiger partial charge is 0.387 e. The van der Waals surface area contributed by atoms with E-state index in [0.29, 0.717) is 17.9 Å². The average molecular weight is 671 g/mol. The molecular weight excluding hydrogens is 640 g/mol.